The van der Waals surface area contributed by atoms with Gasteiger partial charge in [0.25, 0.3) is 0 Å². The average molecular weight is 399 g/mol. The van der Waals surface area contributed by atoms with Crippen LogP contribution in [0.25, 0.3) is 0 Å². The van der Waals surface area contributed by atoms with Gasteiger partial charge in [-0.2, -0.15) is 0 Å². The molecule has 2 aromatic carbocycles. The monoisotopic (exact) mass is 398 g/mol. The summed E-state index contributed by atoms with van der Waals surface area (Å²) < 4.78 is 0. The Kier molecular flexibility index (Phi) is 9.08. The topological polar surface area (TPSA) is 49.4 Å². The lowest BCUT2D eigenvalue weighted by Gasteiger charge is -2.29. The Morgan fingerprint density at radius 1 is 1.07 bits per heavy atom. The Hall–Kier alpha value is -2.27. The molecule has 0 saturated heterocycles. The normalized spacial score (nSPS) is 11.7. The zero-order valence-corrected chi connectivity index (χ0v) is 17.8. The summed E-state index contributed by atoms with van der Waals surface area (Å²) in [6.45, 7) is 6.93. The van der Waals surface area contributed by atoms with Crippen LogP contribution in [-0.4, -0.2) is 35.1 Å². The molecule has 0 aliphatic rings. The molecule has 0 spiro atoms. The fourth-order valence-corrected chi connectivity index (χ4v) is 3.73. The maximum Gasteiger partial charge on any atom is 0.242 e. The maximum atomic E-state index is 13.0. The molecular weight excluding hydrogens is 368 g/mol. The molecule has 0 bridgehead atoms. The Balaban J connectivity index is 2.06. The van der Waals surface area contributed by atoms with Gasteiger partial charge in [-0.1, -0.05) is 49.4 Å². The minimum absolute atomic E-state index is 0.00540. The van der Waals surface area contributed by atoms with E-state index in [0.717, 1.165) is 22.4 Å². The van der Waals surface area contributed by atoms with E-state index in [-0.39, 0.29) is 11.8 Å². The number of nitrogens with zero attached hydrogens (tertiary/aromatic N) is 1. The molecular formula is C23H30N2O2S. The summed E-state index contributed by atoms with van der Waals surface area (Å²) in [7, 11) is 0. The summed E-state index contributed by atoms with van der Waals surface area (Å²) in [6, 6.07) is 17.6. The second-order valence-corrected chi connectivity index (χ2v) is 7.99. The first kappa shape index (κ1) is 22.0. The van der Waals surface area contributed by atoms with E-state index < -0.39 is 6.04 Å². The quantitative estimate of drug-likeness (QED) is 0.603. The minimum Gasteiger partial charge on any atom is -0.354 e. The van der Waals surface area contributed by atoms with Gasteiger partial charge in [-0.05, 0) is 43.5 Å². The summed E-state index contributed by atoms with van der Waals surface area (Å²) >= 11 is 1.66. The Morgan fingerprint density at radius 2 is 1.75 bits per heavy atom. The lowest BCUT2D eigenvalue weighted by Crippen LogP contribution is -2.47. The van der Waals surface area contributed by atoms with Crippen LogP contribution in [0.5, 0.6) is 0 Å². The summed E-state index contributed by atoms with van der Waals surface area (Å²) in [5, 5.41) is 2.91. The van der Waals surface area contributed by atoms with Gasteiger partial charge in [0, 0.05) is 30.2 Å². The molecule has 150 valence electrons. The highest BCUT2D eigenvalue weighted by atomic mass is 32.2. The van der Waals surface area contributed by atoms with Crippen molar-refractivity contribution in [3.8, 4) is 0 Å². The largest absolute Gasteiger partial charge is 0.354 e. The van der Waals surface area contributed by atoms with Crippen molar-refractivity contribution in [1.29, 1.82) is 0 Å². The zero-order chi connectivity index (χ0) is 20.4. The molecule has 4 nitrogen and oxygen atoms in total. The number of carbonyl (C=O) groups is 2. The van der Waals surface area contributed by atoms with Crippen molar-refractivity contribution in [1.82, 2.24) is 10.2 Å². The van der Waals surface area contributed by atoms with E-state index >= 15 is 0 Å². The first-order valence-corrected chi connectivity index (χ1v) is 10.8. The molecule has 2 amide bonds. The van der Waals surface area contributed by atoms with Crippen molar-refractivity contribution >= 4 is 23.6 Å². The average Bonchev–Trinajstić information content (AvgIpc) is 2.71. The van der Waals surface area contributed by atoms with Crippen LogP contribution in [-0.2, 0) is 16.1 Å². The van der Waals surface area contributed by atoms with Crippen LogP contribution in [0.1, 0.15) is 37.8 Å². The molecule has 0 radical (unpaired) electrons. The van der Waals surface area contributed by atoms with E-state index in [9.17, 15) is 9.59 Å². The highest BCUT2D eigenvalue weighted by Crippen LogP contribution is 2.20. The van der Waals surface area contributed by atoms with Crippen LogP contribution in [0.15, 0.2) is 59.5 Å². The Labute approximate surface area is 172 Å². The van der Waals surface area contributed by atoms with E-state index in [1.807, 2.05) is 75.4 Å². The van der Waals surface area contributed by atoms with E-state index in [1.165, 1.54) is 0 Å². The van der Waals surface area contributed by atoms with Gasteiger partial charge < -0.3 is 10.2 Å². The van der Waals surface area contributed by atoms with Crippen LogP contribution >= 0.6 is 11.8 Å². The van der Waals surface area contributed by atoms with Gasteiger partial charge >= 0.3 is 0 Å². The van der Waals surface area contributed by atoms with Crippen molar-refractivity contribution in [2.45, 2.75) is 51.1 Å². The van der Waals surface area contributed by atoms with Gasteiger partial charge in [0.2, 0.25) is 11.8 Å². The number of thioether (sulfide) groups is 1. The third kappa shape index (κ3) is 6.71. The Bertz CT molecular complexity index is 764. The van der Waals surface area contributed by atoms with Crippen molar-refractivity contribution in [3.63, 3.8) is 0 Å². The second kappa shape index (κ2) is 11.5. The molecule has 2 aromatic rings. The fourth-order valence-electron chi connectivity index (χ4n) is 2.87. The smallest absolute Gasteiger partial charge is 0.242 e. The second-order valence-electron chi connectivity index (χ2n) is 6.83. The minimum atomic E-state index is -0.500. The molecule has 5 heteroatoms. The SMILES string of the molecule is CCCNC(=O)[C@H](C)N(Cc1ccccc1C)C(=O)CCSc1ccccc1. The maximum absolute atomic E-state index is 13.0. The van der Waals surface area contributed by atoms with Crippen LogP contribution in [0.3, 0.4) is 0 Å². The first-order valence-electron chi connectivity index (χ1n) is 9.82. The molecule has 0 aliphatic carbocycles. The number of carbonyl (C=O) groups excluding carboxylic acids is 2. The molecule has 0 aliphatic heterocycles. The molecule has 0 aromatic heterocycles. The lowest BCUT2D eigenvalue weighted by atomic mass is 10.1. The van der Waals surface area contributed by atoms with Gasteiger partial charge in [-0.15, -0.1) is 11.8 Å². The van der Waals surface area contributed by atoms with Crippen LogP contribution in [0.4, 0.5) is 0 Å². The van der Waals surface area contributed by atoms with Crippen molar-refractivity contribution in [2.24, 2.45) is 0 Å². The van der Waals surface area contributed by atoms with E-state index in [0.29, 0.717) is 25.3 Å². The summed E-state index contributed by atoms with van der Waals surface area (Å²) in [6.07, 6.45) is 1.27. The molecule has 0 heterocycles. The van der Waals surface area contributed by atoms with Gasteiger partial charge in [-0.25, -0.2) is 0 Å². The predicted molar refractivity (Wildman–Crippen MR) is 116 cm³/mol. The van der Waals surface area contributed by atoms with Gasteiger partial charge in [0.1, 0.15) is 6.04 Å². The van der Waals surface area contributed by atoms with E-state index in [4.69, 9.17) is 0 Å². The number of rotatable bonds is 10. The van der Waals surface area contributed by atoms with Crippen LogP contribution in [0, 0.1) is 6.92 Å². The molecule has 0 saturated carbocycles. The van der Waals surface area contributed by atoms with Gasteiger partial charge in [0.15, 0.2) is 0 Å². The Morgan fingerprint density at radius 3 is 2.43 bits per heavy atom. The summed E-state index contributed by atoms with van der Waals surface area (Å²) in [5.41, 5.74) is 2.20. The van der Waals surface area contributed by atoms with Crippen molar-refractivity contribution < 1.29 is 9.59 Å². The lowest BCUT2D eigenvalue weighted by molar-refractivity contribution is -0.140. The zero-order valence-electron chi connectivity index (χ0n) is 17.0. The number of aryl methyl sites for hydroxylation is 1. The molecule has 2 rings (SSSR count). The summed E-state index contributed by atoms with van der Waals surface area (Å²) in [4.78, 5) is 28.4. The fraction of sp³-hybridized carbons (Fsp3) is 0.391. The van der Waals surface area contributed by atoms with Crippen LogP contribution < -0.4 is 5.32 Å². The number of benzene rings is 2. The van der Waals surface area contributed by atoms with Crippen molar-refractivity contribution in [2.75, 3.05) is 12.3 Å². The molecule has 0 fully saturated rings. The van der Waals surface area contributed by atoms with Crippen molar-refractivity contribution in [3.05, 3.63) is 65.7 Å². The highest BCUT2D eigenvalue weighted by molar-refractivity contribution is 7.99. The first-order chi connectivity index (χ1) is 13.5. The standard InChI is InChI=1S/C23H30N2O2S/c1-4-15-24-23(27)19(3)25(17-20-11-9-8-10-18(20)2)22(26)14-16-28-21-12-6-5-7-13-21/h5-13,19H,4,14-17H2,1-3H3,(H,24,27)/t19-/m0/s1. The van der Waals surface area contributed by atoms with Gasteiger partial charge in [0.05, 0.1) is 0 Å². The number of nitrogens with one attached hydrogen (secondary N) is 1. The van der Waals surface area contributed by atoms with E-state index in [2.05, 4.69) is 5.32 Å². The van der Waals surface area contributed by atoms with E-state index in [1.54, 1.807) is 16.7 Å². The number of hydrogen-bond acceptors (Lipinski definition) is 3. The number of hydrogen-bond donors (Lipinski definition) is 1. The third-order valence-corrected chi connectivity index (χ3v) is 5.66. The molecule has 1 N–H and O–H groups in total. The highest BCUT2D eigenvalue weighted by Gasteiger charge is 2.26. The summed E-state index contributed by atoms with van der Waals surface area (Å²) in [5.74, 6) is 0.599. The van der Waals surface area contributed by atoms with Crippen LogP contribution in [0.2, 0.25) is 0 Å². The van der Waals surface area contributed by atoms with Gasteiger partial charge in [-0.3, -0.25) is 9.59 Å². The molecule has 0 unspecified atom stereocenters. The molecule has 1 atom stereocenters. The predicted octanol–water partition coefficient (Wildman–Crippen LogP) is 4.42. The third-order valence-electron chi connectivity index (χ3n) is 4.65. The number of amides is 2. The molecule has 28 heavy (non-hydrogen) atoms.